The molecule has 1 aromatic carbocycles. The minimum atomic E-state index is -0.147. The zero-order chi connectivity index (χ0) is 13.0. The lowest BCUT2D eigenvalue weighted by Crippen LogP contribution is -2.42. The molecule has 0 amide bonds. The van der Waals surface area contributed by atoms with Crippen LogP contribution in [0.3, 0.4) is 0 Å². The molecular weight excluding hydrogens is 228 g/mol. The van der Waals surface area contributed by atoms with Gasteiger partial charge in [0.25, 0.3) is 0 Å². The smallest absolute Gasteiger partial charge is 0.317 e. The van der Waals surface area contributed by atoms with E-state index in [9.17, 15) is 4.79 Å². The molecular formula is C15H16O3. The first-order valence-corrected chi connectivity index (χ1v) is 6.04. The first-order chi connectivity index (χ1) is 8.76. The fourth-order valence-corrected chi connectivity index (χ4v) is 2.16. The zero-order valence-corrected chi connectivity index (χ0v) is 10.4. The molecule has 2 atom stereocenters. The predicted octanol–water partition coefficient (Wildman–Crippen LogP) is 2.51. The van der Waals surface area contributed by atoms with Crippen molar-refractivity contribution in [3.05, 3.63) is 29.8 Å². The summed E-state index contributed by atoms with van der Waals surface area (Å²) in [4.78, 5) is 11.5. The highest BCUT2D eigenvalue weighted by molar-refractivity contribution is 5.84. The summed E-state index contributed by atoms with van der Waals surface area (Å²) in [5.74, 6) is 3.09. The summed E-state index contributed by atoms with van der Waals surface area (Å²) < 4.78 is 10.3. The van der Waals surface area contributed by atoms with E-state index in [1.165, 1.54) is 0 Å². The lowest BCUT2D eigenvalue weighted by Gasteiger charge is -2.35. The molecule has 1 aliphatic heterocycles. The highest BCUT2D eigenvalue weighted by Gasteiger charge is 2.42. The molecule has 1 aromatic rings. The number of rotatable bonds is 5. The number of carbonyl (C=O) groups is 1. The topological polar surface area (TPSA) is 35.5 Å². The number of ether oxygens (including phenoxy) is 2. The third-order valence-electron chi connectivity index (χ3n) is 3.18. The zero-order valence-electron chi connectivity index (χ0n) is 10.4. The normalized spacial score (nSPS) is 21.7. The van der Waals surface area contributed by atoms with Crippen LogP contribution in [0.15, 0.2) is 24.3 Å². The van der Waals surface area contributed by atoms with Crippen molar-refractivity contribution in [2.45, 2.75) is 31.3 Å². The molecule has 0 spiro atoms. The lowest BCUT2D eigenvalue weighted by atomic mass is 9.86. The molecule has 0 aliphatic carbocycles. The highest BCUT2D eigenvalue weighted by Crippen LogP contribution is 2.36. The van der Waals surface area contributed by atoms with Crippen molar-refractivity contribution in [1.29, 1.82) is 0 Å². The van der Waals surface area contributed by atoms with E-state index >= 15 is 0 Å². The summed E-state index contributed by atoms with van der Waals surface area (Å²) in [5, 5.41) is 0. The summed E-state index contributed by atoms with van der Waals surface area (Å²) in [7, 11) is 1.62. The lowest BCUT2D eigenvalue weighted by molar-refractivity contribution is -0.175. The average molecular weight is 244 g/mol. The van der Waals surface area contributed by atoms with Crippen LogP contribution in [-0.2, 0) is 9.53 Å². The minimum absolute atomic E-state index is 0.0285. The van der Waals surface area contributed by atoms with Crippen LogP contribution in [0.25, 0.3) is 0 Å². The summed E-state index contributed by atoms with van der Waals surface area (Å²) >= 11 is 0. The molecule has 1 aliphatic rings. The van der Waals surface area contributed by atoms with Crippen LogP contribution in [0.5, 0.6) is 5.75 Å². The van der Waals surface area contributed by atoms with E-state index in [4.69, 9.17) is 15.9 Å². The van der Waals surface area contributed by atoms with Crippen molar-refractivity contribution in [2.24, 2.45) is 0 Å². The Hall–Kier alpha value is -1.95. The van der Waals surface area contributed by atoms with E-state index < -0.39 is 0 Å². The van der Waals surface area contributed by atoms with Gasteiger partial charge in [0.05, 0.1) is 7.11 Å². The first-order valence-electron chi connectivity index (χ1n) is 6.04. The molecule has 0 unspecified atom stereocenters. The number of unbranched alkanes of at least 4 members (excludes halogenated alkanes) is 1. The Morgan fingerprint density at radius 1 is 1.39 bits per heavy atom. The largest absolute Gasteiger partial charge is 0.497 e. The number of terminal acetylenes is 1. The Morgan fingerprint density at radius 2 is 2.11 bits per heavy atom. The van der Waals surface area contributed by atoms with Gasteiger partial charge in [-0.3, -0.25) is 4.79 Å². The molecule has 0 radical (unpaired) electrons. The van der Waals surface area contributed by atoms with Gasteiger partial charge in [-0.05, 0) is 30.5 Å². The molecule has 1 saturated heterocycles. The van der Waals surface area contributed by atoms with E-state index in [0.717, 1.165) is 30.6 Å². The van der Waals surface area contributed by atoms with Crippen LogP contribution < -0.4 is 4.74 Å². The second-order valence-electron chi connectivity index (χ2n) is 4.32. The second kappa shape index (κ2) is 5.59. The third kappa shape index (κ3) is 2.48. The monoisotopic (exact) mass is 244 g/mol. The molecule has 1 heterocycles. The number of carbonyl (C=O) groups excluding carboxylic acids is 1. The molecule has 0 N–H and O–H groups in total. The van der Waals surface area contributed by atoms with Gasteiger partial charge in [-0.1, -0.05) is 12.1 Å². The van der Waals surface area contributed by atoms with Crippen LogP contribution in [0.4, 0.5) is 0 Å². The summed E-state index contributed by atoms with van der Waals surface area (Å²) in [6.45, 7) is 0. The molecule has 0 bridgehead atoms. The fraction of sp³-hybridized carbons (Fsp3) is 0.400. The van der Waals surface area contributed by atoms with E-state index in [1.54, 1.807) is 7.11 Å². The van der Waals surface area contributed by atoms with Gasteiger partial charge in [0.2, 0.25) is 0 Å². The van der Waals surface area contributed by atoms with Gasteiger partial charge in [0, 0.05) is 6.42 Å². The number of methoxy groups -OCH3 is 1. The SMILES string of the molecule is C#CCCC[C@H]1OC(=O)[C@@H]1c1ccc(OC)cc1. The Kier molecular flexibility index (Phi) is 3.88. The maximum absolute atomic E-state index is 11.5. The summed E-state index contributed by atoms with van der Waals surface area (Å²) in [5.41, 5.74) is 0.984. The van der Waals surface area contributed by atoms with Crippen LogP contribution in [0.2, 0.25) is 0 Å². The van der Waals surface area contributed by atoms with Crippen molar-refractivity contribution >= 4 is 5.97 Å². The molecule has 3 nitrogen and oxygen atoms in total. The quantitative estimate of drug-likeness (QED) is 0.453. The van der Waals surface area contributed by atoms with Crippen LogP contribution in [-0.4, -0.2) is 19.2 Å². The number of cyclic esters (lactones) is 1. The molecule has 1 fully saturated rings. The standard InChI is InChI=1S/C15H16O3/c1-3-4-5-6-13-14(15(16)18-13)11-7-9-12(17-2)10-8-11/h1,7-10,13-14H,4-6H2,2H3/t13-,14-/m1/s1. The van der Waals surface area contributed by atoms with Crippen molar-refractivity contribution in [3.63, 3.8) is 0 Å². The van der Waals surface area contributed by atoms with E-state index in [2.05, 4.69) is 5.92 Å². The van der Waals surface area contributed by atoms with E-state index in [0.29, 0.717) is 0 Å². The highest BCUT2D eigenvalue weighted by atomic mass is 16.6. The average Bonchev–Trinajstić information content (AvgIpc) is 2.38. The summed E-state index contributed by atoms with van der Waals surface area (Å²) in [6.07, 6.45) is 7.62. The van der Waals surface area contributed by atoms with Gasteiger partial charge in [-0.25, -0.2) is 0 Å². The molecule has 18 heavy (non-hydrogen) atoms. The molecule has 94 valence electrons. The van der Waals surface area contributed by atoms with Crippen molar-refractivity contribution in [2.75, 3.05) is 7.11 Å². The van der Waals surface area contributed by atoms with Crippen LogP contribution in [0, 0.1) is 12.3 Å². The maximum Gasteiger partial charge on any atom is 0.317 e. The maximum atomic E-state index is 11.5. The van der Waals surface area contributed by atoms with Gasteiger partial charge in [-0.15, -0.1) is 12.3 Å². The Morgan fingerprint density at radius 3 is 2.67 bits per heavy atom. The molecule has 2 rings (SSSR count). The van der Waals surface area contributed by atoms with Crippen molar-refractivity contribution in [1.82, 2.24) is 0 Å². The minimum Gasteiger partial charge on any atom is -0.497 e. The number of benzene rings is 1. The first kappa shape index (κ1) is 12.5. The molecule has 0 saturated carbocycles. The van der Waals surface area contributed by atoms with Crippen molar-refractivity contribution in [3.8, 4) is 18.1 Å². The summed E-state index contributed by atoms with van der Waals surface area (Å²) in [6, 6.07) is 7.55. The van der Waals surface area contributed by atoms with Gasteiger partial charge >= 0.3 is 5.97 Å². The van der Waals surface area contributed by atoms with Crippen LogP contribution >= 0.6 is 0 Å². The van der Waals surface area contributed by atoms with Gasteiger partial charge < -0.3 is 9.47 Å². The van der Waals surface area contributed by atoms with Gasteiger partial charge in [0.1, 0.15) is 17.8 Å². The Balaban J connectivity index is 2.01. The third-order valence-corrected chi connectivity index (χ3v) is 3.18. The van der Waals surface area contributed by atoms with Crippen molar-refractivity contribution < 1.29 is 14.3 Å². The fourth-order valence-electron chi connectivity index (χ4n) is 2.16. The van der Waals surface area contributed by atoms with E-state index in [-0.39, 0.29) is 18.0 Å². The molecule has 3 heteroatoms. The van der Waals surface area contributed by atoms with Gasteiger partial charge in [0.15, 0.2) is 0 Å². The van der Waals surface area contributed by atoms with E-state index in [1.807, 2.05) is 24.3 Å². The van der Waals surface area contributed by atoms with Crippen LogP contribution in [0.1, 0.15) is 30.7 Å². The number of hydrogen-bond donors (Lipinski definition) is 0. The predicted molar refractivity (Wildman–Crippen MR) is 68.3 cm³/mol. The second-order valence-corrected chi connectivity index (χ2v) is 4.32. The number of hydrogen-bond acceptors (Lipinski definition) is 3. The van der Waals surface area contributed by atoms with Gasteiger partial charge in [-0.2, -0.15) is 0 Å². The number of esters is 1. The molecule has 0 aromatic heterocycles. The Bertz CT molecular complexity index is 456. The Labute approximate surface area is 107 Å².